The van der Waals surface area contributed by atoms with E-state index in [2.05, 4.69) is 10.5 Å². The van der Waals surface area contributed by atoms with Crippen molar-refractivity contribution in [2.45, 2.75) is 6.92 Å². The van der Waals surface area contributed by atoms with Gasteiger partial charge in [0.05, 0.1) is 20.4 Å². The molecule has 0 aliphatic heterocycles. The summed E-state index contributed by atoms with van der Waals surface area (Å²) in [5.74, 6) is -0.755. The van der Waals surface area contributed by atoms with Gasteiger partial charge in [-0.2, -0.15) is 5.10 Å². The Morgan fingerprint density at radius 2 is 1.65 bits per heavy atom. The average Bonchev–Trinajstić information content (AvgIpc) is 2.62. The molecule has 0 heterocycles. The monoisotopic (exact) mass is 360 g/mol. The van der Waals surface area contributed by atoms with Crippen molar-refractivity contribution in [3.8, 4) is 17.2 Å². The van der Waals surface area contributed by atoms with Crippen molar-refractivity contribution >= 4 is 18.1 Å². The van der Waals surface area contributed by atoms with E-state index in [0.717, 1.165) is 0 Å². The van der Waals surface area contributed by atoms with Crippen LogP contribution in [0.4, 0.5) is 4.39 Å². The molecule has 0 saturated heterocycles. The maximum absolute atomic E-state index is 12.9. The summed E-state index contributed by atoms with van der Waals surface area (Å²) >= 11 is 0. The first kappa shape index (κ1) is 18.9. The lowest BCUT2D eigenvalue weighted by molar-refractivity contribution is -0.132. The molecule has 0 bridgehead atoms. The molecule has 0 aliphatic carbocycles. The van der Waals surface area contributed by atoms with Gasteiger partial charge in [-0.3, -0.25) is 9.59 Å². The Hall–Kier alpha value is -3.42. The lowest BCUT2D eigenvalue weighted by atomic mass is 10.2. The lowest BCUT2D eigenvalue weighted by Gasteiger charge is -2.13. The number of carbonyl (C=O) groups excluding carboxylic acids is 2. The van der Waals surface area contributed by atoms with Crippen LogP contribution in [0.2, 0.25) is 0 Å². The van der Waals surface area contributed by atoms with Gasteiger partial charge in [0.25, 0.3) is 5.91 Å². The topological polar surface area (TPSA) is 86.2 Å². The maximum Gasteiger partial charge on any atom is 0.308 e. The van der Waals surface area contributed by atoms with E-state index in [-0.39, 0.29) is 22.8 Å². The summed E-state index contributed by atoms with van der Waals surface area (Å²) in [7, 11) is 2.83. The fourth-order valence-electron chi connectivity index (χ4n) is 2.05. The Morgan fingerprint density at radius 1 is 1.08 bits per heavy atom. The molecule has 0 aliphatic rings. The minimum Gasteiger partial charge on any atom is -0.493 e. The fraction of sp³-hybridized carbons (Fsp3) is 0.167. The van der Waals surface area contributed by atoms with Crippen molar-refractivity contribution in [2.75, 3.05) is 14.2 Å². The van der Waals surface area contributed by atoms with E-state index >= 15 is 0 Å². The summed E-state index contributed by atoms with van der Waals surface area (Å²) in [6, 6.07) is 8.19. The van der Waals surface area contributed by atoms with Crippen LogP contribution in [0.5, 0.6) is 17.2 Å². The van der Waals surface area contributed by atoms with Crippen molar-refractivity contribution in [1.82, 2.24) is 5.43 Å². The van der Waals surface area contributed by atoms with Gasteiger partial charge < -0.3 is 14.2 Å². The molecule has 1 N–H and O–H groups in total. The van der Waals surface area contributed by atoms with Crippen LogP contribution < -0.4 is 19.6 Å². The van der Waals surface area contributed by atoms with Crippen LogP contribution in [0, 0.1) is 5.82 Å². The van der Waals surface area contributed by atoms with E-state index in [1.165, 1.54) is 51.6 Å². The second-order valence-corrected chi connectivity index (χ2v) is 5.05. The molecule has 0 atom stereocenters. The molecule has 0 aromatic heterocycles. The van der Waals surface area contributed by atoms with E-state index in [0.29, 0.717) is 5.56 Å². The molecule has 26 heavy (non-hydrogen) atoms. The molecule has 2 aromatic carbocycles. The van der Waals surface area contributed by atoms with E-state index in [9.17, 15) is 14.0 Å². The number of rotatable bonds is 6. The highest BCUT2D eigenvalue weighted by Gasteiger charge is 2.15. The predicted molar refractivity (Wildman–Crippen MR) is 92.3 cm³/mol. The third-order valence-corrected chi connectivity index (χ3v) is 3.21. The first-order valence-electron chi connectivity index (χ1n) is 7.48. The maximum atomic E-state index is 12.9. The zero-order valence-corrected chi connectivity index (χ0v) is 14.4. The molecule has 0 saturated carbocycles. The summed E-state index contributed by atoms with van der Waals surface area (Å²) in [4.78, 5) is 23.1. The van der Waals surface area contributed by atoms with Crippen LogP contribution in [0.1, 0.15) is 22.8 Å². The number of hydrazone groups is 1. The Bertz CT molecular complexity index is 809. The van der Waals surface area contributed by atoms with Crippen molar-refractivity contribution in [1.29, 1.82) is 0 Å². The summed E-state index contributed by atoms with van der Waals surface area (Å²) in [6.45, 7) is 1.26. The zero-order chi connectivity index (χ0) is 19.1. The largest absolute Gasteiger partial charge is 0.493 e. The van der Waals surface area contributed by atoms with E-state index in [4.69, 9.17) is 14.2 Å². The molecule has 0 spiro atoms. The summed E-state index contributed by atoms with van der Waals surface area (Å²) in [5, 5.41) is 3.84. The standard InChI is InChI=1S/C18H17FN2O5/c1-11(22)26-17-15(24-2)8-12(9-16(17)25-3)10-20-21-18(23)13-4-6-14(19)7-5-13/h4-10H,1-3H3,(H,21,23)/b20-10-. The second-order valence-electron chi connectivity index (χ2n) is 5.05. The normalized spacial score (nSPS) is 10.5. The molecule has 0 unspecified atom stereocenters. The second kappa shape index (κ2) is 8.61. The molecular formula is C18H17FN2O5. The van der Waals surface area contributed by atoms with E-state index in [1.54, 1.807) is 12.1 Å². The molecular weight excluding hydrogens is 343 g/mol. The fourth-order valence-corrected chi connectivity index (χ4v) is 2.05. The number of halogens is 1. The number of carbonyl (C=O) groups is 2. The number of hydrogen-bond donors (Lipinski definition) is 1. The van der Waals surface area contributed by atoms with Gasteiger partial charge in [0.2, 0.25) is 5.75 Å². The minimum absolute atomic E-state index is 0.148. The van der Waals surface area contributed by atoms with E-state index in [1.807, 2.05) is 0 Å². The third kappa shape index (κ3) is 4.79. The highest BCUT2D eigenvalue weighted by molar-refractivity contribution is 5.95. The molecule has 2 rings (SSSR count). The van der Waals surface area contributed by atoms with Crippen molar-refractivity contribution in [3.63, 3.8) is 0 Å². The van der Waals surface area contributed by atoms with Gasteiger partial charge in [0.15, 0.2) is 11.5 Å². The van der Waals surface area contributed by atoms with Crippen LogP contribution in [-0.4, -0.2) is 32.3 Å². The first-order valence-corrected chi connectivity index (χ1v) is 7.48. The molecule has 8 heteroatoms. The van der Waals surface area contributed by atoms with Crippen LogP contribution in [-0.2, 0) is 4.79 Å². The SMILES string of the molecule is COc1cc(/C=N\NC(=O)c2ccc(F)cc2)cc(OC)c1OC(C)=O. The number of hydrogen-bond acceptors (Lipinski definition) is 6. The van der Waals surface area contributed by atoms with Gasteiger partial charge >= 0.3 is 5.97 Å². The van der Waals surface area contributed by atoms with Crippen LogP contribution >= 0.6 is 0 Å². The number of ether oxygens (including phenoxy) is 3. The number of esters is 1. The molecule has 0 radical (unpaired) electrons. The highest BCUT2D eigenvalue weighted by Crippen LogP contribution is 2.38. The van der Waals surface area contributed by atoms with Gasteiger partial charge in [-0.05, 0) is 36.4 Å². The molecule has 136 valence electrons. The number of amides is 1. The first-order chi connectivity index (χ1) is 12.4. The third-order valence-electron chi connectivity index (χ3n) is 3.21. The number of nitrogens with zero attached hydrogens (tertiary/aromatic N) is 1. The highest BCUT2D eigenvalue weighted by atomic mass is 19.1. The Labute approximate surface area is 149 Å². The van der Waals surface area contributed by atoms with Crippen LogP contribution in [0.25, 0.3) is 0 Å². The van der Waals surface area contributed by atoms with Gasteiger partial charge in [-0.25, -0.2) is 9.82 Å². The quantitative estimate of drug-likeness (QED) is 0.370. The minimum atomic E-state index is -0.519. The number of benzene rings is 2. The Kier molecular flexibility index (Phi) is 6.26. The summed E-state index contributed by atoms with van der Waals surface area (Å²) < 4.78 is 28.3. The smallest absolute Gasteiger partial charge is 0.308 e. The van der Waals surface area contributed by atoms with Crippen molar-refractivity contribution in [2.24, 2.45) is 5.10 Å². The number of nitrogens with one attached hydrogen (secondary N) is 1. The molecule has 0 fully saturated rings. The number of methoxy groups -OCH3 is 2. The average molecular weight is 360 g/mol. The van der Waals surface area contributed by atoms with Gasteiger partial charge in [-0.1, -0.05) is 0 Å². The van der Waals surface area contributed by atoms with E-state index < -0.39 is 17.7 Å². The Balaban J connectivity index is 2.17. The van der Waals surface area contributed by atoms with Gasteiger partial charge in [0.1, 0.15) is 5.82 Å². The zero-order valence-electron chi connectivity index (χ0n) is 14.4. The van der Waals surface area contributed by atoms with Crippen molar-refractivity contribution in [3.05, 3.63) is 53.3 Å². The van der Waals surface area contributed by atoms with Crippen LogP contribution in [0.15, 0.2) is 41.5 Å². The molecule has 7 nitrogen and oxygen atoms in total. The van der Waals surface area contributed by atoms with Gasteiger partial charge in [-0.15, -0.1) is 0 Å². The lowest BCUT2D eigenvalue weighted by Crippen LogP contribution is -2.17. The molecule has 2 aromatic rings. The predicted octanol–water partition coefficient (Wildman–Crippen LogP) is 2.53. The molecule has 1 amide bonds. The summed E-state index contributed by atoms with van der Waals surface area (Å²) in [6.07, 6.45) is 1.37. The van der Waals surface area contributed by atoms with Gasteiger partial charge in [0, 0.05) is 18.1 Å². The Morgan fingerprint density at radius 3 is 2.15 bits per heavy atom. The van der Waals surface area contributed by atoms with Crippen LogP contribution in [0.3, 0.4) is 0 Å². The van der Waals surface area contributed by atoms with Crippen molar-refractivity contribution < 1.29 is 28.2 Å². The summed E-state index contributed by atoms with van der Waals surface area (Å²) in [5.41, 5.74) is 3.13.